The molecule has 2 aromatic carbocycles. The van der Waals surface area contributed by atoms with Crippen molar-refractivity contribution in [1.82, 2.24) is 19.9 Å². The van der Waals surface area contributed by atoms with E-state index in [0.29, 0.717) is 0 Å². The van der Waals surface area contributed by atoms with E-state index in [0.717, 1.165) is 54.2 Å². The minimum atomic E-state index is 0.818. The van der Waals surface area contributed by atoms with Gasteiger partial charge in [-0.25, -0.2) is 9.97 Å². The van der Waals surface area contributed by atoms with Gasteiger partial charge in [0.2, 0.25) is 0 Å². The predicted octanol–water partition coefficient (Wildman–Crippen LogP) is 5.83. The molecule has 5 nitrogen and oxygen atoms in total. The summed E-state index contributed by atoms with van der Waals surface area (Å²) in [6.45, 7) is 4.14. The zero-order chi connectivity index (χ0) is 22.1. The summed E-state index contributed by atoms with van der Waals surface area (Å²) >= 11 is 0. The molecule has 162 valence electrons. The molecular weight excluding hydrogens is 396 g/mol. The Morgan fingerprint density at radius 2 is 1.78 bits per heavy atom. The molecule has 0 atom stereocenters. The number of hydrogen-bond acceptors (Lipinski definition) is 3. The fraction of sp³-hybridized carbons (Fsp3) is 0.259. The molecule has 3 heterocycles. The van der Waals surface area contributed by atoms with Gasteiger partial charge in [-0.1, -0.05) is 6.07 Å². The van der Waals surface area contributed by atoms with Gasteiger partial charge in [0.15, 0.2) is 0 Å². The van der Waals surface area contributed by atoms with E-state index in [1.54, 1.807) is 7.11 Å². The summed E-state index contributed by atoms with van der Waals surface area (Å²) in [7, 11) is 1.71. The van der Waals surface area contributed by atoms with E-state index in [2.05, 4.69) is 72.5 Å². The molecule has 5 rings (SSSR count). The Kier molecular flexibility index (Phi) is 5.39. The molecule has 0 aliphatic rings. The largest absolute Gasteiger partial charge is 0.497 e. The van der Waals surface area contributed by atoms with E-state index in [1.807, 2.05) is 6.07 Å². The first-order valence-electron chi connectivity index (χ1n) is 11.1. The number of fused-ring (bicyclic) bond motifs is 2. The minimum absolute atomic E-state index is 0.818. The van der Waals surface area contributed by atoms with E-state index in [9.17, 15) is 0 Å². The molecule has 5 heteroatoms. The molecule has 0 aliphatic carbocycles. The number of aromatic amines is 2. The number of H-pyrrole nitrogens is 2. The normalized spacial score (nSPS) is 11.5. The Hall–Kier alpha value is -3.60. The maximum atomic E-state index is 5.38. The van der Waals surface area contributed by atoms with Gasteiger partial charge in [0.1, 0.15) is 11.6 Å². The second-order valence-corrected chi connectivity index (χ2v) is 8.55. The van der Waals surface area contributed by atoms with Crippen molar-refractivity contribution in [2.45, 2.75) is 39.5 Å². The molecule has 0 spiro atoms. The number of nitrogens with one attached hydrogen (secondary N) is 2. The van der Waals surface area contributed by atoms with Gasteiger partial charge in [-0.05, 0) is 85.7 Å². The molecule has 32 heavy (non-hydrogen) atoms. The van der Waals surface area contributed by atoms with Crippen LogP contribution in [0, 0.1) is 13.8 Å². The monoisotopic (exact) mass is 424 g/mol. The highest BCUT2D eigenvalue weighted by atomic mass is 16.5. The Morgan fingerprint density at radius 3 is 2.66 bits per heavy atom. The molecule has 0 bridgehead atoms. The van der Waals surface area contributed by atoms with Crippen molar-refractivity contribution < 1.29 is 4.74 Å². The summed E-state index contributed by atoms with van der Waals surface area (Å²) in [5.41, 5.74) is 8.20. The van der Waals surface area contributed by atoms with Crippen molar-refractivity contribution in [1.29, 1.82) is 0 Å². The number of aromatic nitrogens is 4. The number of benzene rings is 2. The van der Waals surface area contributed by atoms with Gasteiger partial charge in [-0.3, -0.25) is 0 Å². The molecule has 0 amide bonds. The van der Waals surface area contributed by atoms with Gasteiger partial charge in [-0.2, -0.15) is 0 Å². The van der Waals surface area contributed by atoms with Crippen LogP contribution in [0.3, 0.4) is 0 Å². The first-order valence-corrected chi connectivity index (χ1v) is 11.1. The van der Waals surface area contributed by atoms with Gasteiger partial charge in [0.05, 0.1) is 7.11 Å². The van der Waals surface area contributed by atoms with Crippen molar-refractivity contribution in [3.8, 4) is 5.75 Å². The van der Waals surface area contributed by atoms with Crippen LogP contribution in [-0.4, -0.2) is 27.0 Å². The molecule has 0 saturated carbocycles. The number of hydrogen-bond donors (Lipinski definition) is 2. The average molecular weight is 425 g/mol. The van der Waals surface area contributed by atoms with Crippen LogP contribution >= 0.6 is 0 Å². The van der Waals surface area contributed by atoms with Crippen molar-refractivity contribution in [3.63, 3.8) is 0 Å². The molecular formula is C27H28N4O. The van der Waals surface area contributed by atoms with E-state index in [1.165, 1.54) is 33.1 Å². The van der Waals surface area contributed by atoms with Gasteiger partial charge < -0.3 is 14.7 Å². The molecule has 5 aromatic rings. The van der Waals surface area contributed by atoms with E-state index in [-0.39, 0.29) is 0 Å². The highest BCUT2D eigenvalue weighted by Gasteiger charge is 2.08. The number of nitrogens with zero attached hydrogens (tertiary/aromatic N) is 2. The Bertz CT molecular complexity index is 1400. The first-order chi connectivity index (χ1) is 15.6. The topological polar surface area (TPSA) is 66.6 Å². The van der Waals surface area contributed by atoms with E-state index in [4.69, 9.17) is 14.7 Å². The molecule has 0 fully saturated rings. The SMILES string of the molecule is COc1ccc2[nH]cc(CCCc3nc(C)cc(Cc4ccc5[nH]c(C)cc5c4)n3)c2c1. The quantitative estimate of drug-likeness (QED) is 0.345. The standard InChI is InChI=1S/C27H28N4O/c1-17-11-21-13-19(7-9-25(21)29-17)14-22-12-18(2)30-27(31-22)6-4-5-20-16-28-26-10-8-23(32-3)15-24(20)26/h7-13,15-16,28-29H,4-6,14H2,1-3H3. The Labute approximate surface area is 187 Å². The van der Waals surface area contributed by atoms with Crippen molar-refractivity contribution in [2.24, 2.45) is 0 Å². The maximum absolute atomic E-state index is 5.38. The second-order valence-electron chi connectivity index (χ2n) is 8.55. The fourth-order valence-corrected chi connectivity index (χ4v) is 4.48. The van der Waals surface area contributed by atoms with Gasteiger partial charge in [-0.15, -0.1) is 0 Å². The molecule has 0 saturated heterocycles. The lowest BCUT2D eigenvalue weighted by Gasteiger charge is -2.07. The highest BCUT2D eigenvalue weighted by molar-refractivity contribution is 5.84. The third-order valence-electron chi connectivity index (χ3n) is 5.98. The lowest BCUT2D eigenvalue weighted by molar-refractivity contribution is 0.415. The molecule has 0 unspecified atom stereocenters. The molecule has 3 aromatic heterocycles. The van der Waals surface area contributed by atoms with Gasteiger partial charge in [0, 0.05) is 52.5 Å². The van der Waals surface area contributed by atoms with E-state index < -0.39 is 0 Å². The summed E-state index contributed by atoms with van der Waals surface area (Å²) in [5, 5.41) is 2.48. The van der Waals surface area contributed by atoms with Crippen LogP contribution in [0.2, 0.25) is 0 Å². The zero-order valence-corrected chi connectivity index (χ0v) is 18.8. The second kappa shape index (κ2) is 8.50. The van der Waals surface area contributed by atoms with Gasteiger partial charge >= 0.3 is 0 Å². The summed E-state index contributed by atoms with van der Waals surface area (Å²) in [5.74, 6) is 1.81. The van der Waals surface area contributed by atoms with Crippen LogP contribution in [0.5, 0.6) is 5.75 Å². The van der Waals surface area contributed by atoms with Crippen molar-refractivity contribution in [3.05, 3.63) is 88.8 Å². The summed E-state index contributed by atoms with van der Waals surface area (Å²) in [6.07, 6.45) is 5.76. The first kappa shape index (κ1) is 20.3. The lowest BCUT2D eigenvalue weighted by Crippen LogP contribution is -2.03. The van der Waals surface area contributed by atoms with E-state index >= 15 is 0 Å². The third-order valence-corrected chi connectivity index (χ3v) is 5.98. The zero-order valence-electron chi connectivity index (χ0n) is 18.8. The van der Waals surface area contributed by atoms with Crippen LogP contribution < -0.4 is 4.74 Å². The average Bonchev–Trinajstić information content (AvgIpc) is 3.35. The molecule has 2 N–H and O–H groups in total. The van der Waals surface area contributed by atoms with Crippen molar-refractivity contribution >= 4 is 21.8 Å². The smallest absolute Gasteiger partial charge is 0.128 e. The molecule has 0 radical (unpaired) electrons. The number of aryl methyl sites for hydroxylation is 4. The fourth-order valence-electron chi connectivity index (χ4n) is 4.48. The van der Waals surface area contributed by atoms with Crippen molar-refractivity contribution in [2.75, 3.05) is 7.11 Å². The van der Waals surface area contributed by atoms with Crippen LogP contribution in [0.15, 0.2) is 54.7 Å². The van der Waals surface area contributed by atoms with Crippen LogP contribution in [0.25, 0.3) is 21.8 Å². The van der Waals surface area contributed by atoms with Gasteiger partial charge in [0.25, 0.3) is 0 Å². The highest BCUT2D eigenvalue weighted by Crippen LogP contribution is 2.25. The predicted molar refractivity (Wildman–Crippen MR) is 129 cm³/mol. The summed E-state index contributed by atoms with van der Waals surface area (Å²) in [6, 6.07) is 17.0. The van der Waals surface area contributed by atoms with Crippen LogP contribution in [-0.2, 0) is 19.3 Å². The Balaban J connectivity index is 1.28. The lowest BCUT2D eigenvalue weighted by atomic mass is 10.1. The third kappa shape index (κ3) is 4.24. The maximum Gasteiger partial charge on any atom is 0.128 e. The van der Waals surface area contributed by atoms with Crippen LogP contribution in [0.1, 0.15) is 40.5 Å². The summed E-state index contributed by atoms with van der Waals surface area (Å²) in [4.78, 5) is 16.3. The number of rotatable bonds is 7. The number of methoxy groups -OCH3 is 1. The summed E-state index contributed by atoms with van der Waals surface area (Å²) < 4.78 is 5.38. The van der Waals surface area contributed by atoms with Crippen LogP contribution in [0.4, 0.5) is 0 Å². The Morgan fingerprint density at radius 1 is 0.906 bits per heavy atom. The number of ether oxygens (including phenoxy) is 1. The molecule has 0 aliphatic heterocycles. The minimum Gasteiger partial charge on any atom is -0.497 e.